The van der Waals surface area contributed by atoms with Crippen molar-refractivity contribution in [1.82, 2.24) is 0 Å². The van der Waals surface area contributed by atoms with E-state index in [-0.39, 0.29) is 11.9 Å². The number of aryl methyl sites for hydroxylation is 1. The fourth-order valence-electron chi connectivity index (χ4n) is 2.23. The second-order valence-electron chi connectivity index (χ2n) is 4.89. The van der Waals surface area contributed by atoms with Gasteiger partial charge in [0, 0.05) is 6.42 Å². The van der Waals surface area contributed by atoms with Crippen LogP contribution in [0.25, 0.3) is 0 Å². The number of benzene rings is 1. The number of ketones is 1. The van der Waals surface area contributed by atoms with Crippen molar-refractivity contribution in [3.8, 4) is 5.75 Å². The third-order valence-electron chi connectivity index (χ3n) is 3.08. The molecule has 0 radical (unpaired) electrons. The lowest BCUT2D eigenvalue weighted by Gasteiger charge is -2.26. The summed E-state index contributed by atoms with van der Waals surface area (Å²) in [6.07, 6.45) is 0.497. The molecule has 0 aromatic heterocycles. The topological polar surface area (TPSA) is 26.3 Å². The molecule has 1 unspecified atom stereocenters. The molecule has 1 aliphatic rings. The average Bonchev–Trinajstić information content (AvgIpc) is 2.19. The van der Waals surface area contributed by atoms with Crippen LogP contribution in [0, 0.1) is 6.92 Å². The Hall–Kier alpha value is -1.31. The lowest BCUT2D eigenvalue weighted by atomic mass is 9.89. The normalized spacial score (nSPS) is 19.6. The molecular weight excluding hydrogens is 200 g/mol. The zero-order chi connectivity index (χ0) is 11.9. The van der Waals surface area contributed by atoms with Gasteiger partial charge in [0.2, 0.25) is 0 Å². The molecule has 2 heteroatoms. The van der Waals surface area contributed by atoms with Crippen LogP contribution < -0.4 is 4.74 Å². The lowest BCUT2D eigenvalue weighted by molar-refractivity contribution is 0.0867. The second-order valence-corrected chi connectivity index (χ2v) is 4.89. The highest BCUT2D eigenvalue weighted by Gasteiger charge is 2.28. The molecule has 0 amide bonds. The van der Waals surface area contributed by atoms with E-state index >= 15 is 0 Å². The number of fused-ring (bicyclic) bond motifs is 1. The summed E-state index contributed by atoms with van der Waals surface area (Å²) in [5.41, 5.74) is 2.98. The first-order valence-corrected chi connectivity index (χ1v) is 5.84. The maximum Gasteiger partial charge on any atom is 0.170 e. The summed E-state index contributed by atoms with van der Waals surface area (Å²) in [5.74, 6) is 1.38. The van der Waals surface area contributed by atoms with Crippen LogP contribution in [0.4, 0.5) is 0 Å². The SMILES string of the molecule is Cc1ccc(C(C)C)c2c1OC(C)CC2=O. The molecule has 1 heterocycles. The number of hydrogen-bond donors (Lipinski definition) is 0. The molecule has 0 saturated carbocycles. The molecule has 0 saturated heterocycles. The monoisotopic (exact) mass is 218 g/mol. The summed E-state index contributed by atoms with van der Waals surface area (Å²) in [5, 5.41) is 0. The van der Waals surface area contributed by atoms with Gasteiger partial charge < -0.3 is 4.74 Å². The molecule has 2 rings (SSSR count). The van der Waals surface area contributed by atoms with Crippen LogP contribution >= 0.6 is 0 Å². The molecule has 0 N–H and O–H groups in total. The summed E-state index contributed by atoms with van der Waals surface area (Å²) < 4.78 is 5.80. The van der Waals surface area contributed by atoms with Gasteiger partial charge in [0.1, 0.15) is 11.9 Å². The summed E-state index contributed by atoms with van der Waals surface area (Å²) in [4.78, 5) is 12.1. The molecule has 1 aromatic rings. The Morgan fingerprint density at radius 2 is 2.06 bits per heavy atom. The fraction of sp³-hybridized carbons (Fsp3) is 0.500. The minimum absolute atomic E-state index is 0.00103. The molecule has 16 heavy (non-hydrogen) atoms. The van der Waals surface area contributed by atoms with Crippen LogP contribution in [0.3, 0.4) is 0 Å². The second kappa shape index (κ2) is 3.93. The van der Waals surface area contributed by atoms with Gasteiger partial charge in [-0.25, -0.2) is 0 Å². The summed E-state index contributed by atoms with van der Waals surface area (Å²) >= 11 is 0. The number of hydrogen-bond acceptors (Lipinski definition) is 2. The van der Waals surface area contributed by atoms with E-state index in [2.05, 4.69) is 19.9 Å². The fourth-order valence-corrected chi connectivity index (χ4v) is 2.23. The summed E-state index contributed by atoms with van der Waals surface area (Å²) in [6, 6.07) is 4.09. The van der Waals surface area contributed by atoms with Crippen molar-refractivity contribution in [2.75, 3.05) is 0 Å². The van der Waals surface area contributed by atoms with Gasteiger partial charge in [0.25, 0.3) is 0 Å². The van der Waals surface area contributed by atoms with Crippen molar-refractivity contribution in [3.63, 3.8) is 0 Å². The van der Waals surface area contributed by atoms with E-state index in [1.54, 1.807) is 0 Å². The van der Waals surface area contributed by atoms with E-state index in [1.807, 2.05) is 19.9 Å². The highest BCUT2D eigenvalue weighted by molar-refractivity contribution is 6.01. The third kappa shape index (κ3) is 1.73. The van der Waals surface area contributed by atoms with E-state index in [1.165, 1.54) is 0 Å². The van der Waals surface area contributed by atoms with Crippen molar-refractivity contribution < 1.29 is 9.53 Å². The number of rotatable bonds is 1. The summed E-state index contributed by atoms with van der Waals surface area (Å²) in [7, 11) is 0. The minimum atomic E-state index is 0.00103. The van der Waals surface area contributed by atoms with Gasteiger partial charge in [0.05, 0.1) is 5.56 Å². The molecular formula is C14H18O2. The van der Waals surface area contributed by atoms with Gasteiger partial charge in [-0.3, -0.25) is 4.79 Å². The molecule has 86 valence electrons. The largest absolute Gasteiger partial charge is 0.489 e. The Morgan fingerprint density at radius 3 is 2.69 bits per heavy atom. The molecule has 0 aliphatic carbocycles. The number of Topliss-reactive ketones (excluding diaryl/α,β-unsaturated/α-hetero) is 1. The Morgan fingerprint density at radius 1 is 1.38 bits per heavy atom. The molecule has 1 atom stereocenters. The number of ether oxygens (including phenoxy) is 1. The third-order valence-corrected chi connectivity index (χ3v) is 3.08. The molecule has 0 spiro atoms. The highest BCUT2D eigenvalue weighted by atomic mass is 16.5. The first-order chi connectivity index (χ1) is 7.50. The first-order valence-electron chi connectivity index (χ1n) is 5.84. The van der Waals surface area contributed by atoms with Gasteiger partial charge in [-0.15, -0.1) is 0 Å². The van der Waals surface area contributed by atoms with Crippen molar-refractivity contribution in [1.29, 1.82) is 0 Å². The summed E-state index contributed by atoms with van der Waals surface area (Å²) in [6.45, 7) is 8.16. The molecule has 1 aromatic carbocycles. The first kappa shape index (κ1) is 11.2. The van der Waals surface area contributed by atoms with Gasteiger partial charge >= 0.3 is 0 Å². The molecule has 0 bridgehead atoms. The smallest absolute Gasteiger partial charge is 0.170 e. The van der Waals surface area contributed by atoms with E-state index < -0.39 is 0 Å². The van der Waals surface area contributed by atoms with E-state index in [9.17, 15) is 4.79 Å². The predicted octanol–water partition coefficient (Wildman–Crippen LogP) is 3.47. The molecule has 0 fully saturated rings. The zero-order valence-corrected chi connectivity index (χ0v) is 10.3. The maximum absolute atomic E-state index is 12.1. The molecule has 2 nitrogen and oxygen atoms in total. The van der Waals surface area contributed by atoms with Crippen molar-refractivity contribution in [3.05, 3.63) is 28.8 Å². The van der Waals surface area contributed by atoms with Crippen LogP contribution in [-0.2, 0) is 0 Å². The van der Waals surface area contributed by atoms with Gasteiger partial charge in [-0.1, -0.05) is 26.0 Å². The Labute approximate surface area is 96.6 Å². The zero-order valence-electron chi connectivity index (χ0n) is 10.3. The van der Waals surface area contributed by atoms with E-state index in [0.29, 0.717) is 12.3 Å². The van der Waals surface area contributed by atoms with Crippen LogP contribution in [0.2, 0.25) is 0 Å². The molecule has 1 aliphatic heterocycles. The lowest BCUT2D eigenvalue weighted by Crippen LogP contribution is -2.26. The van der Waals surface area contributed by atoms with Gasteiger partial charge in [0.15, 0.2) is 5.78 Å². The quantitative estimate of drug-likeness (QED) is 0.721. The van der Waals surface area contributed by atoms with Crippen molar-refractivity contribution >= 4 is 5.78 Å². The minimum Gasteiger partial charge on any atom is -0.489 e. The van der Waals surface area contributed by atoms with Crippen molar-refractivity contribution in [2.24, 2.45) is 0 Å². The van der Waals surface area contributed by atoms with Crippen LogP contribution in [0.15, 0.2) is 12.1 Å². The standard InChI is InChI=1S/C14H18O2/c1-8(2)11-6-5-9(3)14-13(11)12(15)7-10(4)16-14/h5-6,8,10H,7H2,1-4H3. The number of carbonyl (C=O) groups excluding carboxylic acids is 1. The van der Waals surface area contributed by atoms with E-state index in [0.717, 1.165) is 22.4 Å². The predicted molar refractivity (Wildman–Crippen MR) is 64.3 cm³/mol. The van der Waals surface area contributed by atoms with Gasteiger partial charge in [-0.05, 0) is 30.9 Å². The van der Waals surface area contributed by atoms with Crippen LogP contribution in [-0.4, -0.2) is 11.9 Å². The van der Waals surface area contributed by atoms with E-state index in [4.69, 9.17) is 4.74 Å². The highest BCUT2D eigenvalue weighted by Crippen LogP contribution is 2.36. The maximum atomic E-state index is 12.1. The Kier molecular flexibility index (Phi) is 2.75. The average molecular weight is 218 g/mol. The Bertz CT molecular complexity index is 433. The number of carbonyl (C=O) groups is 1. The van der Waals surface area contributed by atoms with Gasteiger partial charge in [-0.2, -0.15) is 0 Å². The van der Waals surface area contributed by atoms with Crippen molar-refractivity contribution in [2.45, 2.75) is 46.1 Å². The van der Waals surface area contributed by atoms with Crippen LogP contribution in [0.5, 0.6) is 5.75 Å². The van der Waals surface area contributed by atoms with Crippen LogP contribution in [0.1, 0.15) is 54.6 Å². The Balaban J connectivity index is 2.63.